The molecule has 0 unspecified atom stereocenters. The summed E-state index contributed by atoms with van der Waals surface area (Å²) in [7, 11) is 0. The molecule has 0 saturated heterocycles. The Morgan fingerprint density at radius 1 is 1.62 bits per heavy atom. The Hall–Kier alpha value is -1.32. The lowest BCUT2D eigenvalue weighted by Crippen LogP contribution is -1.89. The molecule has 4 heteroatoms. The highest BCUT2D eigenvalue weighted by molar-refractivity contribution is 5.47. The molecule has 0 bridgehead atoms. The topological polar surface area (TPSA) is 48.2 Å². The highest BCUT2D eigenvalue weighted by Crippen LogP contribution is 2.39. The van der Waals surface area contributed by atoms with Gasteiger partial charge in [0.05, 0.1) is 6.61 Å². The SMILES string of the molecule is C=C(OCC)c1nnc(C2CC2)o1. The van der Waals surface area contributed by atoms with Crippen molar-refractivity contribution in [2.24, 2.45) is 0 Å². The van der Waals surface area contributed by atoms with Gasteiger partial charge in [0.2, 0.25) is 5.89 Å². The summed E-state index contributed by atoms with van der Waals surface area (Å²) >= 11 is 0. The van der Waals surface area contributed by atoms with E-state index in [2.05, 4.69) is 16.8 Å². The molecule has 1 fully saturated rings. The molecule has 1 aromatic heterocycles. The second-order valence-corrected chi connectivity index (χ2v) is 3.08. The Bertz CT molecular complexity index is 315. The fourth-order valence-corrected chi connectivity index (χ4v) is 1.08. The second kappa shape index (κ2) is 3.20. The molecule has 0 spiro atoms. The maximum Gasteiger partial charge on any atom is 0.282 e. The molecule has 1 aromatic rings. The van der Waals surface area contributed by atoms with Gasteiger partial charge in [-0.05, 0) is 19.8 Å². The van der Waals surface area contributed by atoms with E-state index < -0.39 is 0 Å². The maximum atomic E-state index is 5.38. The van der Waals surface area contributed by atoms with Gasteiger partial charge in [0.15, 0.2) is 5.76 Å². The minimum absolute atomic E-state index is 0.406. The van der Waals surface area contributed by atoms with Crippen LogP contribution < -0.4 is 0 Å². The van der Waals surface area contributed by atoms with Crippen LogP contribution >= 0.6 is 0 Å². The fraction of sp³-hybridized carbons (Fsp3) is 0.556. The molecule has 4 nitrogen and oxygen atoms in total. The number of nitrogens with zero attached hydrogens (tertiary/aromatic N) is 2. The van der Waals surface area contributed by atoms with Crippen molar-refractivity contribution in [3.05, 3.63) is 18.4 Å². The first kappa shape index (κ1) is 8.29. The van der Waals surface area contributed by atoms with Crippen molar-refractivity contribution < 1.29 is 9.15 Å². The van der Waals surface area contributed by atoms with Crippen LogP contribution in [0.15, 0.2) is 11.0 Å². The highest BCUT2D eigenvalue weighted by atomic mass is 16.5. The third-order valence-electron chi connectivity index (χ3n) is 1.92. The minimum Gasteiger partial charge on any atom is -0.489 e. The van der Waals surface area contributed by atoms with Crippen LogP contribution in [0.2, 0.25) is 0 Å². The minimum atomic E-state index is 0.406. The monoisotopic (exact) mass is 180 g/mol. The van der Waals surface area contributed by atoms with Crippen molar-refractivity contribution in [3.8, 4) is 0 Å². The van der Waals surface area contributed by atoms with Crippen molar-refractivity contribution in [2.45, 2.75) is 25.7 Å². The highest BCUT2D eigenvalue weighted by Gasteiger charge is 2.29. The van der Waals surface area contributed by atoms with E-state index in [-0.39, 0.29) is 0 Å². The Morgan fingerprint density at radius 2 is 2.38 bits per heavy atom. The number of aromatic nitrogens is 2. The molecule has 70 valence electrons. The molecule has 0 radical (unpaired) electrons. The van der Waals surface area contributed by atoms with Gasteiger partial charge in [0.1, 0.15) is 0 Å². The molecule has 1 aliphatic rings. The summed E-state index contributed by atoms with van der Waals surface area (Å²) < 4.78 is 10.5. The molecule has 13 heavy (non-hydrogen) atoms. The van der Waals surface area contributed by atoms with Crippen molar-refractivity contribution in [1.29, 1.82) is 0 Å². The van der Waals surface area contributed by atoms with E-state index in [1.807, 2.05) is 6.92 Å². The first-order valence-electron chi connectivity index (χ1n) is 4.46. The van der Waals surface area contributed by atoms with Gasteiger partial charge in [0, 0.05) is 5.92 Å². The molecule has 0 N–H and O–H groups in total. The van der Waals surface area contributed by atoms with Crippen molar-refractivity contribution >= 4 is 5.76 Å². The summed E-state index contributed by atoms with van der Waals surface area (Å²) in [5.41, 5.74) is 0. The third-order valence-corrected chi connectivity index (χ3v) is 1.92. The predicted octanol–water partition coefficient (Wildman–Crippen LogP) is 1.95. The van der Waals surface area contributed by atoms with Crippen LogP contribution in [0.4, 0.5) is 0 Å². The lowest BCUT2D eigenvalue weighted by Gasteiger charge is -1.99. The zero-order valence-electron chi connectivity index (χ0n) is 7.62. The summed E-state index contributed by atoms with van der Waals surface area (Å²) in [6.45, 7) is 6.15. The molecule has 0 atom stereocenters. The Kier molecular flexibility index (Phi) is 2.04. The molecule has 1 aliphatic carbocycles. The van der Waals surface area contributed by atoms with Gasteiger partial charge >= 0.3 is 0 Å². The van der Waals surface area contributed by atoms with Crippen LogP contribution in [0.5, 0.6) is 0 Å². The summed E-state index contributed by atoms with van der Waals surface area (Å²) in [6.07, 6.45) is 2.31. The first-order chi connectivity index (χ1) is 6.31. The number of rotatable bonds is 4. The predicted molar refractivity (Wildman–Crippen MR) is 46.9 cm³/mol. The number of hydrogen-bond donors (Lipinski definition) is 0. The first-order valence-corrected chi connectivity index (χ1v) is 4.46. The van der Waals surface area contributed by atoms with Crippen molar-refractivity contribution in [2.75, 3.05) is 6.61 Å². The average Bonchev–Trinajstić information content (AvgIpc) is 2.84. The standard InChI is InChI=1S/C9H12N2O2/c1-3-12-6(2)8-10-11-9(13-8)7-4-5-7/h7H,2-5H2,1H3. The van der Waals surface area contributed by atoms with E-state index in [9.17, 15) is 0 Å². The zero-order chi connectivity index (χ0) is 9.26. The van der Waals surface area contributed by atoms with Gasteiger partial charge in [-0.25, -0.2) is 0 Å². The van der Waals surface area contributed by atoms with Crippen LogP contribution in [0.3, 0.4) is 0 Å². The second-order valence-electron chi connectivity index (χ2n) is 3.08. The van der Waals surface area contributed by atoms with Gasteiger partial charge in [-0.15, -0.1) is 10.2 Å². The van der Waals surface area contributed by atoms with E-state index in [1.165, 1.54) is 0 Å². The summed E-state index contributed by atoms with van der Waals surface area (Å²) in [5.74, 6) is 2.07. The molecule has 2 rings (SSSR count). The van der Waals surface area contributed by atoms with Crippen molar-refractivity contribution in [3.63, 3.8) is 0 Å². The molecule has 1 saturated carbocycles. The summed E-state index contributed by atoms with van der Waals surface area (Å²) in [4.78, 5) is 0. The van der Waals surface area contributed by atoms with E-state index in [0.717, 1.165) is 18.7 Å². The molecule has 0 amide bonds. The number of hydrogen-bond acceptors (Lipinski definition) is 4. The van der Waals surface area contributed by atoms with E-state index in [1.54, 1.807) is 0 Å². The lowest BCUT2D eigenvalue weighted by molar-refractivity contribution is 0.284. The van der Waals surface area contributed by atoms with Crippen molar-refractivity contribution in [1.82, 2.24) is 10.2 Å². The van der Waals surface area contributed by atoms with Gasteiger partial charge in [-0.3, -0.25) is 0 Å². The van der Waals surface area contributed by atoms with Crippen LogP contribution in [0, 0.1) is 0 Å². The Labute approximate surface area is 76.6 Å². The van der Waals surface area contributed by atoms with Gasteiger partial charge < -0.3 is 9.15 Å². The lowest BCUT2D eigenvalue weighted by atomic mass is 10.4. The van der Waals surface area contributed by atoms with Gasteiger partial charge in [-0.2, -0.15) is 0 Å². The Balaban J connectivity index is 2.07. The maximum absolute atomic E-state index is 5.38. The molecule has 0 aromatic carbocycles. The largest absolute Gasteiger partial charge is 0.489 e. The zero-order valence-corrected chi connectivity index (χ0v) is 7.62. The number of ether oxygens (including phenoxy) is 1. The van der Waals surface area contributed by atoms with Gasteiger partial charge in [-0.1, -0.05) is 6.58 Å². The van der Waals surface area contributed by atoms with E-state index in [0.29, 0.717) is 24.2 Å². The normalized spacial score (nSPS) is 15.8. The fourth-order valence-electron chi connectivity index (χ4n) is 1.08. The summed E-state index contributed by atoms with van der Waals surface area (Å²) in [6, 6.07) is 0. The van der Waals surface area contributed by atoms with E-state index >= 15 is 0 Å². The van der Waals surface area contributed by atoms with Gasteiger partial charge in [0.25, 0.3) is 5.89 Å². The summed E-state index contributed by atoms with van der Waals surface area (Å²) in [5, 5.41) is 7.78. The quantitative estimate of drug-likeness (QED) is 0.664. The molecular weight excluding hydrogens is 168 g/mol. The molecular formula is C9H12N2O2. The van der Waals surface area contributed by atoms with Crippen LogP contribution in [-0.2, 0) is 4.74 Å². The smallest absolute Gasteiger partial charge is 0.282 e. The van der Waals surface area contributed by atoms with E-state index in [4.69, 9.17) is 9.15 Å². The molecule has 0 aliphatic heterocycles. The van der Waals surface area contributed by atoms with Crippen LogP contribution in [0.1, 0.15) is 37.5 Å². The molecule has 1 heterocycles. The van der Waals surface area contributed by atoms with Crippen LogP contribution in [0.25, 0.3) is 5.76 Å². The Morgan fingerprint density at radius 3 is 3.00 bits per heavy atom. The van der Waals surface area contributed by atoms with Crippen LogP contribution in [-0.4, -0.2) is 16.8 Å². The average molecular weight is 180 g/mol. The third kappa shape index (κ3) is 1.71.